The first-order valence-corrected chi connectivity index (χ1v) is 12.9. The summed E-state index contributed by atoms with van der Waals surface area (Å²) in [6.07, 6.45) is 5.61. The number of carbonyl (C=O) groups excluding carboxylic acids is 1. The minimum atomic E-state index is -0.668. The molecule has 1 unspecified atom stereocenters. The predicted octanol–water partition coefficient (Wildman–Crippen LogP) is 4.12. The molecule has 0 radical (unpaired) electrons. The van der Waals surface area contributed by atoms with Crippen LogP contribution in [0.3, 0.4) is 0 Å². The van der Waals surface area contributed by atoms with Crippen LogP contribution in [0.5, 0.6) is 23.0 Å². The number of hydrogen-bond donors (Lipinski definition) is 3. The van der Waals surface area contributed by atoms with Gasteiger partial charge in [0.25, 0.3) is 0 Å². The van der Waals surface area contributed by atoms with Gasteiger partial charge in [-0.05, 0) is 55.6 Å². The third kappa shape index (κ3) is 8.03. The van der Waals surface area contributed by atoms with Crippen LogP contribution in [0, 0.1) is 0 Å². The standard InChI is InChI=1S/C28H40N2O6/c1-4-5-6-7-16-35-25-12-11-23(22-9-13-27(32)30-28(22)25)36-19-21(31)18-29-15-14-20-8-10-24(33-2)26(17-20)34-3/h8,10-12,17,21,29,31H,4-7,9,13-16,18-19H2,1-3H3,(H,30,32). The Morgan fingerprint density at radius 2 is 1.75 bits per heavy atom. The highest BCUT2D eigenvalue weighted by Gasteiger charge is 2.23. The fraction of sp³-hybridized carbons (Fsp3) is 0.536. The number of ether oxygens (including phenoxy) is 4. The van der Waals surface area contributed by atoms with Crippen molar-refractivity contribution in [3.63, 3.8) is 0 Å². The molecule has 0 spiro atoms. The maximum atomic E-state index is 12.0. The van der Waals surface area contributed by atoms with Crippen LogP contribution < -0.4 is 29.6 Å². The fourth-order valence-corrected chi connectivity index (χ4v) is 4.18. The highest BCUT2D eigenvalue weighted by Crippen LogP contribution is 2.39. The molecule has 3 rings (SSSR count). The van der Waals surface area contributed by atoms with E-state index in [2.05, 4.69) is 17.6 Å². The molecular formula is C28H40N2O6. The minimum Gasteiger partial charge on any atom is -0.493 e. The Balaban J connectivity index is 1.47. The van der Waals surface area contributed by atoms with E-state index < -0.39 is 6.10 Å². The highest BCUT2D eigenvalue weighted by atomic mass is 16.5. The molecule has 0 saturated heterocycles. The molecule has 1 aliphatic rings. The van der Waals surface area contributed by atoms with E-state index >= 15 is 0 Å². The van der Waals surface area contributed by atoms with Gasteiger partial charge in [0.15, 0.2) is 11.5 Å². The van der Waals surface area contributed by atoms with Crippen LogP contribution in [-0.4, -0.2) is 57.6 Å². The van der Waals surface area contributed by atoms with Crippen LogP contribution in [0.4, 0.5) is 5.69 Å². The summed E-state index contributed by atoms with van der Waals surface area (Å²) in [5.74, 6) is 2.74. The van der Waals surface area contributed by atoms with E-state index in [1.807, 2.05) is 30.3 Å². The fourth-order valence-electron chi connectivity index (χ4n) is 4.18. The Kier molecular flexibility index (Phi) is 11.2. The molecule has 3 N–H and O–H groups in total. The number of methoxy groups -OCH3 is 2. The molecule has 0 aliphatic carbocycles. The molecule has 1 aliphatic heterocycles. The molecule has 0 saturated carbocycles. The Morgan fingerprint density at radius 1 is 0.972 bits per heavy atom. The molecule has 8 heteroatoms. The zero-order chi connectivity index (χ0) is 25.8. The molecule has 36 heavy (non-hydrogen) atoms. The van der Waals surface area contributed by atoms with Crippen LogP contribution in [-0.2, 0) is 17.6 Å². The minimum absolute atomic E-state index is 0.0193. The molecule has 2 aromatic carbocycles. The summed E-state index contributed by atoms with van der Waals surface area (Å²) in [4.78, 5) is 12.0. The summed E-state index contributed by atoms with van der Waals surface area (Å²) in [6.45, 7) is 4.07. The van der Waals surface area contributed by atoms with E-state index in [1.165, 1.54) is 12.8 Å². The van der Waals surface area contributed by atoms with E-state index in [4.69, 9.17) is 18.9 Å². The zero-order valence-corrected chi connectivity index (χ0v) is 21.7. The lowest BCUT2D eigenvalue weighted by molar-refractivity contribution is -0.116. The third-order valence-electron chi connectivity index (χ3n) is 6.20. The number of carbonyl (C=O) groups is 1. The number of hydrogen-bond acceptors (Lipinski definition) is 7. The van der Waals surface area contributed by atoms with Crippen molar-refractivity contribution < 1.29 is 28.8 Å². The molecule has 8 nitrogen and oxygen atoms in total. The van der Waals surface area contributed by atoms with Crippen LogP contribution in [0.1, 0.15) is 50.2 Å². The molecule has 1 heterocycles. The maximum Gasteiger partial charge on any atom is 0.224 e. The van der Waals surface area contributed by atoms with E-state index in [0.29, 0.717) is 61.2 Å². The van der Waals surface area contributed by atoms with Gasteiger partial charge >= 0.3 is 0 Å². The second-order valence-electron chi connectivity index (χ2n) is 8.98. The summed E-state index contributed by atoms with van der Waals surface area (Å²) in [7, 11) is 3.24. The van der Waals surface area contributed by atoms with Gasteiger partial charge in [0, 0.05) is 18.5 Å². The van der Waals surface area contributed by atoms with Gasteiger partial charge in [-0.15, -0.1) is 0 Å². The van der Waals surface area contributed by atoms with Crippen molar-refractivity contribution in [1.82, 2.24) is 5.32 Å². The summed E-state index contributed by atoms with van der Waals surface area (Å²) in [6, 6.07) is 9.56. The number of fused-ring (bicyclic) bond motifs is 1. The molecule has 198 valence electrons. The van der Waals surface area contributed by atoms with Gasteiger partial charge in [-0.25, -0.2) is 0 Å². The predicted molar refractivity (Wildman–Crippen MR) is 141 cm³/mol. The molecule has 0 fully saturated rings. The third-order valence-corrected chi connectivity index (χ3v) is 6.20. The van der Waals surface area contributed by atoms with Crippen molar-refractivity contribution in [3.8, 4) is 23.0 Å². The summed E-state index contributed by atoms with van der Waals surface area (Å²) in [5.41, 5.74) is 2.74. The molecular weight excluding hydrogens is 460 g/mol. The molecule has 0 aromatic heterocycles. The summed E-state index contributed by atoms with van der Waals surface area (Å²) < 4.78 is 22.5. The quantitative estimate of drug-likeness (QED) is 0.298. The molecule has 2 aromatic rings. The summed E-state index contributed by atoms with van der Waals surface area (Å²) >= 11 is 0. The van der Waals surface area contributed by atoms with Crippen LogP contribution in [0.2, 0.25) is 0 Å². The Labute approximate surface area is 214 Å². The molecule has 1 atom stereocenters. The summed E-state index contributed by atoms with van der Waals surface area (Å²) in [5, 5.41) is 16.6. The lowest BCUT2D eigenvalue weighted by Gasteiger charge is -2.24. The van der Waals surface area contributed by atoms with Crippen molar-refractivity contribution >= 4 is 11.6 Å². The van der Waals surface area contributed by atoms with E-state index in [9.17, 15) is 9.90 Å². The first kappa shape index (κ1) is 27.6. The van der Waals surface area contributed by atoms with E-state index in [0.717, 1.165) is 30.4 Å². The van der Waals surface area contributed by atoms with Crippen molar-refractivity contribution in [1.29, 1.82) is 0 Å². The van der Waals surface area contributed by atoms with E-state index in [1.54, 1.807) is 14.2 Å². The van der Waals surface area contributed by atoms with Gasteiger partial charge in [-0.1, -0.05) is 32.3 Å². The molecule has 1 amide bonds. The van der Waals surface area contributed by atoms with Crippen molar-refractivity contribution in [2.24, 2.45) is 0 Å². The lowest BCUT2D eigenvalue weighted by atomic mass is 10.0. The van der Waals surface area contributed by atoms with Gasteiger partial charge in [-0.3, -0.25) is 4.79 Å². The number of amides is 1. The Morgan fingerprint density at radius 3 is 2.53 bits per heavy atom. The van der Waals surface area contributed by atoms with Crippen molar-refractivity contribution in [3.05, 3.63) is 41.5 Å². The number of anilines is 1. The number of aliphatic hydroxyl groups excluding tert-OH is 1. The first-order valence-electron chi connectivity index (χ1n) is 12.9. The zero-order valence-electron chi connectivity index (χ0n) is 21.7. The first-order chi connectivity index (χ1) is 17.5. The number of unbranched alkanes of at least 4 members (excludes halogenated alkanes) is 3. The largest absolute Gasteiger partial charge is 0.493 e. The normalized spacial score (nSPS) is 13.5. The number of benzene rings is 2. The van der Waals surface area contributed by atoms with Crippen molar-refractivity contribution in [2.75, 3.05) is 45.8 Å². The highest BCUT2D eigenvalue weighted by molar-refractivity contribution is 5.96. The van der Waals surface area contributed by atoms with E-state index in [-0.39, 0.29) is 12.5 Å². The van der Waals surface area contributed by atoms with Crippen LogP contribution >= 0.6 is 0 Å². The SMILES string of the molecule is CCCCCCOc1ccc(OCC(O)CNCCc2ccc(OC)c(OC)c2)c2c1NC(=O)CC2. The van der Waals surface area contributed by atoms with Gasteiger partial charge in [-0.2, -0.15) is 0 Å². The maximum absolute atomic E-state index is 12.0. The monoisotopic (exact) mass is 500 g/mol. The van der Waals surface area contributed by atoms with Crippen LogP contribution in [0.15, 0.2) is 30.3 Å². The van der Waals surface area contributed by atoms with Crippen LogP contribution in [0.25, 0.3) is 0 Å². The average Bonchev–Trinajstić information content (AvgIpc) is 2.90. The van der Waals surface area contributed by atoms with Gasteiger partial charge in [0.1, 0.15) is 24.2 Å². The topological polar surface area (TPSA) is 98.3 Å². The second kappa shape index (κ2) is 14.6. The number of nitrogens with one attached hydrogen (secondary N) is 2. The van der Waals surface area contributed by atoms with Gasteiger partial charge in [0.05, 0.1) is 26.5 Å². The Bertz CT molecular complexity index is 981. The second-order valence-corrected chi connectivity index (χ2v) is 8.98. The smallest absolute Gasteiger partial charge is 0.224 e. The lowest BCUT2D eigenvalue weighted by Crippen LogP contribution is -2.32. The van der Waals surface area contributed by atoms with Gasteiger partial charge < -0.3 is 34.7 Å². The number of rotatable bonds is 16. The van der Waals surface area contributed by atoms with Gasteiger partial charge in [0.2, 0.25) is 5.91 Å². The van der Waals surface area contributed by atoms with Crippen molar-refractivity contribution in [2.45, 2.75) is 58.0 Å². The average molecular weight is 501 g/mol. The molecule has 0 bridgehead atoms. The Hall–Kier alpha value is -2.97. The number of aliphatic hydroxyl groups is 1.